The lowest BCUT2D eigenvalue weighted by Gasteiger charge is -2.58. The lowest BCUT2D eigenvalue weighted by molar-refractivity contribution is -0.168. The van der Waals surface area contributed by atoms with Crippen LogP contribution in [-0.2, 0) is 9.47 Å². The Morgan fingerprint density at radius 1 is 1.03 bits per heavy atom. The largest absolute Gasteiger partial charge is 0.393 e. The van der Waals surface area contributed by atoms with Crippen LogP contribution in [0, 0.1) is 46.3 Å². The van der Waals surface area contributed by atoms with E-state index < -0.39 is 0 Å². The normalized spacial score (nSPS) is 45.1. The van der Waals surface area contributed by atoms with Gasteiger partial charge in [0, 0.05) is 6.61 Å². The van der Waals surface area contributed by atoms with Gasteiger partial charge in [0.05, 0.1) is 12.7 Å². The third-order valence-electron chi connectivity index (χ3n) is 11.9. The van der Waals surface area contributed by atoms with Crippen LogP contribution in [0.3, 0.4) is 0 Å². The second kappa shape index (κ2) is 10.8. The van der Waals surface area contributed by atoms with Gasteiger partial charge in [-0.05, 0) is 123 Å². The van der Waals surface area contributed by atoms with E-state index in [0.29, 0.717) is 16.7 Å². The van der Waals surface area contributed by atoms with Crippen molar-refractivity contribution >= 4 is 0 Å². The van der Waals surface area contributed by atoms with Crippen molar-refractivity contribution in [3.05, 3.63) is 11.6 Å². The second-order valence-corrected chi connectivity index (χ2v) is 14.0. The van der Waals surface area contributed by atoms with E-state index in [9.17, 15) is 5.11 Å². The minimum absolute atomic E-state index is 0.0577. The molecule has 1 aliphatic heterocycles. The molecular formula is C32H54O3. The van der Waals surface area contributed by atoms with Crippen LogP contribution in [0.25, 0.3) is 0 Å². The number of aliphatic hydroxyl groups excluding tert-OH is 1. The van der Waals surface area contributed by atoms with E-state index in [1.807, 2.05) is 0 Å². The third-order valence-corrected chi connectivity index (χ3v) is 11.9. The van der Waals surface area contributed by atoms with Crippen molar-refractivity contribution in [3.63, 3.8) is 0 Å². The summed E-state index contributed by atoms with van der Waals surface area (Å²) in [6, 6.07) is 0. The van der Waals surface area contributed by atoms with Crippen molar-refractivity contribution < 1.29 is 14.6 Å². The highest BCUT2D eigenvalue weighted by molar-refractivity contribution is 5.25. The third kappa shape index (κ3) is 5.17. The monoisotopic (exact) mass is 486 g/mol. The Morgan fingerprint density at radius 2 is 1.89 bits per heavy atom. The molecule has 5 aliphatic rings. The summed E-state index contributed by atoms with van der Waals surface area (Å²) in [5.74, 6) is 5.03. The number of rotatable bonds is 8. The van der Waals surface area contributed by atoms with Gasteiger partial charge in [0.25, 0.3) is 0 Å². The fourth-order valence-corrected chi connectivity index (χ4v) is 9.80. The van der Waals surface area contributed by atoms with Crippen LogP contribution in [0.15, 0.2) is 11.6 Å². The minimum Gasteiger partial charge on any atom is -0.393 e. The predicted octanol–water partition coefficient (Wildman–Crippen LogP) is 7.91. The molecule has 3 nitrogen and oxygen atoms in total. The highest BCUT2D eigenvalue weighted by atomic mass is 16.7. The molecule has 1 unspecified atom stereocenters. The van der Waals surface area contributed by atoms with E-state index in [-0.39, 0.29) is 12.4 Å². The van der Waals surface area contributed by atoms with Crippen molar-refractivity contribution in [2.45, 2.75) is 130 Å². The maximum absolute atomic E-state index is 10.3. The van der Waals surface area contributed by atoms with Crippen LogP contribution in [0.1, 0.15) is 118 Å². The van der Waals surface area contributed by atoms with Gasteiger partial charge in [-0.3, -0.25) is 0 Å². The summed E-state index contributed by atoms with van der Waals surface area (Å²) in [7, 11) is 0. The summed E-state index contributed by atoms with van der Waals surface area (Å²) in [6.45, 7) is 11.9. The second-order valence-electron chi connectivity index (χ2n) is 14.0. The molecular weight excluding hydrogens is 432 g/mol. The SMILES string of the molecule is C[C@@H](CCC[C@@H](C)[C@H]1CC[C@H]2[C@@H]3CC=C4C[C@@H](O)CC[C@]4(C)[C@H]3CC[C@]12C)COC1CCCCO1. The number of fused-ring (bicyclic) bond motifs is 5. The van der Waals surface area contributed by atoms with Gasteiger partial charge < -0.3 is 14.6 Å². The van der Waals surface area contributed by atoms with Crippen molar-refractivity contribution in [3.8, 4) is 0 Å². The van der Waals surface area contributed by atoms with Gasteiger partial charge >= 0.3 is 0 Å². The number of ether oxygens (including phenoxy) is 2. The molecule has 1 N–H and O–H groups in total. The van der Waals surface area contributed by atoms with Crippen molar-refractivity contribution in [1.82, 2.24) is 0 Å². The van der Waals surface area contributed by atoms with Gasteiger partial charge in [-0.2, -0.15) is 0 Å². The topological polar surface area (TPSA) is 38.7 Å². The van der Waals surface area contributed by atoms with Crippen molar-refractivity contribution in [1.29, 1.82) is 0 Å². The minimum atomic E-state index is -0.0914. The Hall–Kier alpha value is -0.380. The van der Waals surface area contributed by atoms with E-state index in [2.05, 4.69) is 33.8 Å². The molecule has 10 atom stereocenters. The Labute approximate surface area is 215 Å². The molecule has 5 rings (SSSR count). The van der Waals surface area contributed by atoms with Crippen LogP contribution < -0.4 is 0 Å². The molecule has 4 fully saturated rings. The Morgan fingerprint density at radius 3 is 2.69 bits per heavy atom. The first kappa shape index (κ1) is 26.2. The zero-order valence-corrected chi connectivity index (χ0v) is 23.3. The molecule has 0 bridgehead atoms. The molecule has 3 saturated carbocycles. The number of hydrogen-bond acceptors (Lipinski definition) is 3. The van der Waals surface area contributed by atoms with Gasteiger partial charge in [0.1, 0.15) is 0 Å². The molecule has 0 aromatic carbocycles. The molecule has 35 heavy (non-hydrogen) atoms. The van der Waals surface area contributed by atoms with Crippen LogP contribution in [0.5, 0.6) is 0 Å². The average molecular weight is 487 g/mol. The van der Waals surface area contributed by atoms with E-state index in [4.69, 9.17) is 9.47 Å². The maximum atomic E-state index is 10.3. The van der Waals surface area contributed by atoms with Crippen LogP contribution in [0.2, 0.25) is 0 Å². The summed E-state index contributed by atoms with van der Waals surface area (Å²) in [6.07, 6.45) is 20.3. The van der Waals surface area contributed by atoms with Gasteiger partial charge in [0.2, 0.25) is 0 Å². The fraction of sp³-hybridized carbons (Fsp3) is 0.938. The number of aliphatic hydroxyl groups is 1. The van der Waals surface area contributed by atoms with Gasteiger partial charge in [-0.15, -0.1) is 0 Å². The molecule has 0 spiro atoms. The van der Waals surface area contributed by atoms with Gasteiger partial charge in [0.15, 0.2) is 6.29 Å². The van der Waals surface area contributed by atoms with Crippen LogP contribution in [0.4, 0.5) is 0 Å². The molecule has 0 radical (unpaired) electrons. The first-order valence-corrected chi connectivity index (χ1v) is 15.4. The van der Waals surface area contributed by atoms with Gasteiger partial charge in [-0.25, -0.2) is 0 Å². The maximum Gasteiger partial charge on any atom is 0.157 e. The van der Waals surface area contributed by atoms with Crippen LogP contribution in [-0.4, -0.2) is 30.7 Å². The number of allylic oxidation sites excluding steroid dienone is 1. The fourth-order valence-electron chi connectivity index (χ4n) is 9.80. The zero-order valence-electron chi connectivity index (χ0n) is 23.3. The number of hydrogen-bond donors (Lipinski definition) is 1. The molecule has 200 valence electrons. The smallest absolute Gasteiger partial charge is 0.157 e. The molecule has 1 heterocycles. The Balaban J connectivity index is 1.13. The standard InChI is InChI=1S/C32H54O3/c1-22(21-35-30-10-5-6-19-34-30)8-7-9-23(2)27-13-14-28-26-12-11-24-20-25(33)15-17-31(24,3)29(26)16-18-32(27,28)4/h11,22-23,25-30,33H,5-10,12-21H2,1-4H3/t22-,23+,25-,26-,27+,28-,29-,30?,31-,32+/m0/s1. The van der Waals surface area contributed by atoms with E-state index in [1.54, 1.807) is 5.57 Å². The van der Waals surface area contributed by atoms with Gasteiger partial charge in [-0.1, -0.05) is 52.2 Å². The Bertz CT molecular complexity index is 741. The molecule has 0 amide bonds. The molecule has 0 aromatic heterocycles. The summed E-state index contributed by atoms with van der Waals surface area (Å²) >= 11 is 0. The molecule has 1 saturated heterocycles. The molecule has 3 heteroatoms. The molecule has 0 aromatic rings. The highest BCUT2D eigenvalue weighted by Gasteiger charge is 2.59. The zero-order chi connectivity index (χ0) is 24.6. The van der Waals surface area contributed by atoms with Crippen molar-refractivity contribution in [2.75, 3.05) is 13.2 Å². The molecule has 4 aliphatic carbocycles. The summed E-state index contributed by atoms with van der Waals surface area (Å²) in [5.41, 5.74) is 2.52. The van der Waals surface area contributed by atoms with Crippen molar-refractivity contribution in [2.24, 2.45) is 46.3 Å². The quantitative estimate of drug-likeness (QED) is 0.354. The first-order chi connectivity index (χ1) is 16.8. The average Bonchev–Trinajstić information content (AvgIpc) is 3.21. The first-order valence-electron chi connectivity index (χ1n) is 15.4. The van der Waals surface area contributed by atoms with Crippen LogP contribution >= 0.6 is 0 Å². The summed E-state index contributed by atoms with van der Waals surface area (Å²) in [5, 5.41) is 10.3. The summed E-state index contributed by atoms with van der Waals surface area (Å²) in [4.78, 5) is 0. The predicted molar refractivity (Wildman–Crippen MR) is 143 cm³/mol. The van der Waals surface area contributed by atoms with E-state index in [0.717, 1.165) is 62.1 Å². The lowest BCUT2D eigenvalue weighted by Crippen LogP contribution is -2.50. The Kier molecular flexibility index (Phi) is 8.08. The highest BCUT2D eigenvalue weighted by Crippen LogP contribution is 2.67. The van der Waals surface area contributed by atoms with E-state index in [1.165, 1.54) is 70.6 Å². The summed E-state index contributed by atoms with van der Waals surface area (Å²) < 4.78 is 11.8. The lowest BCUT2D eigenvalue weighted by atomic mass is 9.47. The van der Waals surface area contributed by atoms with E-state index >= 15 is 0 Å².